The molecule has 1 aromatic heterocycles. The standard InChI is InChI=1S/C19H18N6.2ClH/c20-18(21)15-8-4-7-14-13(15)9-10-16(14)24-25-11-17(23-19(25)22)12-5-2-1-3-6-12;;/h1-8,11H,9-10H2,(H3,20,21)(H2,22,23);2*1H/b24-16+;;. The molecule has 0 saturated heterocycles. The molecule has 2 aromatic carbocycles. The molecule has 1 aliphatic rings. The highest BCUT2D eigenvalue weighted by atomic mass is 35.5. The van der Waals surface area contributed by atoms with Crippen LogP contribution >= 0.6 is 24.8 Å². The average Bonchev–Trinajstić information content (AvgIpc) is 3.20. The van der Waals surface area contributed by atoms with Crippen molar-refractivity contribution in [2.24, 2.45) is 10.8 Å². The first-order valence-corrected chi connectivity index (χ1v) is 8.08. The molecule has 0 atom stereocenters. The van der Waals surface area contributed by atoms with E-state index in [9.17, 15) is 0 Å². The van der Waals surface area contributed by atoms with Crippen molar-refractivity contribution in [1.82, 2.24) is 9.66 Å². The summed E-state index contributed by atoms with van der Waals surface area (Å²) < 4.78 is 1.62. The number of amidine groups is 1. The number of imidazole rings is 1. The summed E-state index contributed by atoms with van der Waals surface area (Å²) in [6.07, 6.45) is 3.45. The van der Waals surface area contributed by atoms with Gasteiger partial charge in [-0.05, 0) is 18.4 Å². The lowest BCUT2D eigenvalue weighted by Gasteiger charge is -2.06. The molecule has 1 aliphatic carbocycles. The Labute approximate surface area is 169 Å². The molecule has 0 radical (unpaired) electrons. The quantitative estimate of drug-likeness (QED) is 0.461. The van der Waals surface area contributed by atoms with Gasteiger partial charge in [0.25, 0.3) is 0 Å². The van der Waals surface area contributed by atoms with Crippen molar-refractivity contribution in [2.75, 3.05) is 5.73 Å². The van der Waals surface area contributed by atoms with Crippen LogP contribution in [0.3, 0.4) is 0 Å². The Hall–Kier alpha value is -2.83. The van der Waals surface area contributed by atoms with Gasteiger partial charge in [0.05, 0.1) is 17.6 Å². The second-order valence-corrected chi connectivity index (χ2v) is 5.99. The summed E-state index contributed by atoms with van der Waals surface area (Å²) in [5.74, 6) is 0.439. The van der Waals surface area contributed by atoms with Crippen molar-refractivity contribution in [3.05, 3.63) is 71.4 Å². The van der Waals surface area contributed by atoms with E-state index in [4.69, 9.17) is 16.9 Å². The number of hydrogen-bond donors (Lipinski definition) is 3. The zero-order chi connectivity index (χ0) is 17.4. The van der Waals surface area contributed by atoms with Gasteiger partial charge in [0.1, 0.15) is 5.84 Å². The summed E-state index contributed by atoms with van der Waals surface area (Å²) in [5.41, 5.74) is 17.3. The van der Waals surface area contributed by atoms with Crippen LogP contribution < -0.4 is 11.5 Å². The monoisotopic (exact) mass is 402 g/mol. The lowest BCUT2D eigenvalue weighted by molar-refractivity contribution is 0.883. The van der Waals surface area contributed by atoms with Crippen LogP contribution in [0.5, 0.6) is 0 Å². The Balaban J connectivity index is 0.00000131. The number of nitrogens with zero attached hydrogens (tertiary/aromatic N) is 3. The molecule has 0 aliphatic heterocycles. The number of nitrogens with one attached hydrogen (secondary N) is 1. The topological polar surface area (TPSA) is 106 Å². The van der Waals surface area contributed by atoms with Gasteiger partial charge in [0.15, 0.2) is 0 Å². The molecular formula is C19H20Cl2N6. The molecular weight excluding hydrogens is 383 g/mol. The molecule has 3 aromatic rings. The third-order valence-corrected chi connectivity index (χ3v) is 4.40. The SMILES string of the molecule is Cl.Cl.N=C(N)c1cccc2c1CC/C2=N\n1cc(-c2ccccc2)nc1N. The molecule has 8 heteroatoms. The number of nitrogens with two attached hydrogens (primary N) is 2. The number of aromatic nitrogens is 2. The lowest BCUT2D eigenvalue weighted by Crippen LogP contribution is -2.13. The summed E-state index contributed by atoms with van der Waals surface area (Å²) in [6.45, 7) is 0. The van der Waals surface area contributed by atoms with Gasteiger partial charge in [-0.2, -0.15) is 5.10 Å². The van der Waals surface area contributed by atoms with Gasteiger partial charge in [0.2, 0.25) is 5.95 Å². The van der Waals surface area contributed by atoms with Crippen LogP contribution in [0.25, 0.3) is 11.3 Å². The maximum atomic E-state index is 7.73. The van der Waals surface area contributed by atoms with Crippen molar-refractivity contribution >= 4 is 42.3 Å². The third-order valence-electron chi connectivity index (χ3n) is 4.40. The van der Waals surface area contributed by atoms with Crippen LogP contribution in [0.1, 0.15) is 23.1 Å². The fraction of sp³-hybridized carbons (Fsp3) is 0.105. The smallest absolute Gasteiger partial charge is 0.221 e. The van der Waals surface area contributed by atoms with Crippen molar-refractivity contribution in [2.45, 2.75) is 12.8 Å². The summed E-state index contributed by atoms with van der Waals surface area (Å²) in [7, 11) is 0. The van der Waals surface area contributed by atoms with Crippen LogP contribution in [0.4, 0.5) is 5.95 Å². The molecule has 1 heterocycles. The van der Waals surface area contributed by atoms with E-state index in [1.165, 1.54) is 0 Å². The Morgan fingerprint density at radius 3 is 2.48 bits per heavy atom. The number of anilines is 1. The molecule has 0 amide bonds. The van der Waals surface area contributed by atoms with E-state index in [1.54, 1.807) is 4.68 Å². The first-order valence-electron chi connectivity index (χ1n) is 8.08. The normalized spacial score (nSPS) is 13.6. The molecule has 27 heavy (non-hydrogen) atoms. The summed E-state index contributed by atoms with van der Waals surface area (Å²) >= 11 is 0. The summed E-state index contributed by atoms with van der Waals surface area (Å²) in [5, 5.41) is 12.4. The minimum absolute atomic E-state index is 0. The number of hydrogen-bond acceptors (Lipinski definition) is 4. The Morgan fingerprint density at radius 2 is 1.78 bits per heavy atom. The highest BCUT2D eigenvalue weighted by Gasteiger charge is 2.22. The number of benzene rings is 2. The maximum absolute atomic E-state index is 7.73. The number of rotatable bonds is 3. The van der Waals surface area contributed by atoms with Gasteiger partial charge in [-0.25, -0.2) is 9.66 Å². The van der Waals surface area contributed by atoms with Crippen molar-refractivity contribution < 1.29 is 0 Å². The fourth-order valence-electron chi connectivity index (χ4n) is 3.20. The summed E-state index contributed by atoms with van der Waals surface area (Å²) in [6, 6.07) is 15.7. The average molecular weight is 403 g/mol. The first-order chi connectivity index (χ1) is 12.1. The van der Waals surface area contributed by atoms with Gasteiger partial charge in [0, 0.05) is 16.7 Å². The Morgan fingerprint density at radius 1 is 1.04 bits per heavy atom. The fourth-order valence-corrected chi connectivity index (χ4v) is 3.20. The molecule has 140 valence electrons. The molecule has 0 unspecified atom stereocenters. The molecule has 4 rings (SSSR count). The molecule has 0 bridgehead atoms. The first kappa shape index (κ1) is 20.5. The maximum Gasteiger partial charge on any atom is 0.221 e. The summed E-state index contributed by atoms with van der Waals surface area (Å²) in [4.78, 5) is 4.40. The highest BCUT2D eigenvalue weighted by molar-refractivity contribution is 6.08. The highest BCUT2D eigenvalue weighted by Crippen LogP contribution is 2.27. The van der Waals surface area contributed by atoms with E-state index in [-0.39, 0.29) is 30.6 Å². The van der Waals surface area contributed by atoms with Gasteiger partial charge in [-0.1, -0.05) is 48.5 Å². The van der Waals surface area contributed by atoms with Crippen molar-refractivity contribution in [1.29, 1.82) is 5.41 Å². The predicted molar refractivity (Wildman–Crippen MR) is 114 cm³/mol. The van der Waals surface area contributed by atoms with E-state index in [2.05, 4.69) is 10.1 Å². The molecule has 5 N–H and O–H groups in total. The second-order valence-electron chi connectivity index (χ2n) is 5.99. The molecule has 0 spiro atoms. The van der Waals surface area contributed by atoms with Gasteiger partial charge in [-0.15, -0.1) is 24.8 Å². The zero-order valence-electron chi connectivity index (χ0n) is 14.4. The van der Waals surface area contributed by atoms with Gasteiger partial charge in [-0.3, -0.25) is 5.41 Å². The van der Waals surface area contributed by atoms with Crippen LogP contribution in [0.2, 0.25) is 0 Å². The zero-order valence-corrected chi connectivity index (χ0v) is 16.1. The number of fused-ring (bicyclic) bond motifs is 1. The third kappa shape index (κ3) is 3.82. The van der Waals surface area contributed by atoms with E-state index >= 15 is 0 Å². The molecule has 0 saturated carbocycles. The van der Waals surface area contributed by atoms with Crippen LogP contribution in [0.15, 0.2) is 59.8 Å². The Bertz CT molecular complexity index is 995. The largest absolute Gasteiger partial charge is 0.384 e. The van der Waals surface area contributed by atoms with Crippen molar-refractivity contribution in [3.8, 4) is 11.3 Å². The lowest BCUT2D eigenvalue weighted by atomic mass is 10.0. The minimum Gasteiger partial charge on any atom is -0.384 e. The number of halogens is 2. The Kier molecular flexibility index (Phi) is 6.25. The van der Waals surface area contributed by atoms with E-state index in [0.29, 0.717) is 5.95 Å². The van der Waals surface area contributed by atoms with Crippen LogP contribution in [-0.4, -0.2) is 21.2 Å². The van der Waals surface area contributed by atoms with Crippen LogP contribution in [-0.2, 0) is 6.42 Å². The minimum atomic E-state index is 0. The second kappa shape index (κ2) is 8.24. The van der Waals surface area contributed by atoms with E-state index < -0.39 is 0 Å². The number of nitrogen functional groups attached to an aromatic ring is 2. The molecule has 6 nitrogen and oxygen atoms in total. The van der Waals surface area contributed by atoms with E-state index in [0.717, 1.165) is 46.5 Å². The molecule has 0 fully saturated rings. The van der Waals surface area contributed by atoms with Crippen LogP contribution in [0, 0.1) is 5.41 Å². The predicted octanol–water partition coefficient (Wildman–Crippen LogP) is 3.46. The van der Waals surface area contributed by atoms with Crippen molar-refractivity contribution in [3.63, 3.8) is 0 Å². The van der Waals surface area contributed by atoms with Gasteiger partial charge >= 0.3 is 0 Å². The van der Waals surface area contributed by atoms with Gasteiger partial charge < -0.3 is 11.5 Å². The van der Waals surface area contributed by atoms with E-state index in [1.807, 2.05) is 54.7 Å².